The highest BCUT2D eigenvalue weighted by atomic mass is 16.2. The van der Waals surface area contributed by atoms with Crippen molar-refractivity contribution in [3.05, 3.63) is 0 Å². The Morgan fingerprint density at radius 2 is 2.70 bits per heavy atom. The van der Waals surface area contributed by atoms with Crippen LogP contribution in [0.2, 0.25) is 0 Å². The number of hydrogen-bond donors (Lipinski definition) is 2. The van der Waals surface area contributed by atoms with Crippen LogP contribution in [0.4, 0.5) is 0 Å². The molecule has 1 fully saturated rings. The first kappa shape index (κ1) is 5.52. The van der Waals surface area contributed by atoms with Crippen LogP contribution in [0.25, 0.3) is 0 Å². The van der Waals surface area contributed by atoms with Gasteiger partial charge < -0.3 is 10.2 Å². The van der Waals surface area contributed by atoms with Crippen molar-refractivity contribution in [2.75, 3.05) is 13.1 Å². The summed E-state index contributed by atoms with van der Waals surface area (Å²) in [6.45, 7) is 1.55. The normalized spacial score (nSPS) is 29.4. The number of carbonyl (C=O) groups excluding carboxylic acids is 1. The maximum atomic E-state index is 11.0. The molecule has 0 bridgehead atoms. The van der Waals surface area contributed by atoms with Gasteiger partial charge >= 0.3 is 0 Å². The van der Waals surface area contributed by atoms with Gasteiger partial charge in [-0.2, -0.15) is 5.10 Å². The van der Waals surface area contributed by atoms with Gasteiger partial charge in [-0.3, -0.25) is 10.2 Å². The fourth-order valence-corrected chi connectivity index (χ4v) is 1.12. The monoisotopic (exact) mass is 140 g/mol. The molecule has 0 spiro atoms. The van der Waals surface area contributed by atoms with Crippen LogP contribution in [0, 0.1) is 0 Å². The molecule has 1 amide bonds. The van der Waals surface area contributed by atoms with Gasteiger partial charge in [0.15, 0.2) is 6.17 Å². The van der Waals surface area contributed by atoms with Gasteiger partial charge in [-0.05, 0) is 0 Å². The predicted octanol–water partition coefficient (Wildman–Crippen LogP) is -1.71. The molecule has 2 heterocycles. The van der Waals surface area contributed by atoms with Crippen molar-refractivity contribution in [3.63, 3.8) is 0 Å². The molecule has 1 atom stereocenters. The second-order valence-electron chi connectivity index (χ2n) is 2.31. The molecule has 5 heteroatoms. The lowest BCUT2D eigenvalue weighted by Gasteiger charge is -2.27. The highest BCUT2D eigenvalue weighted by Gasteiger charge is 2.30. The first-order chi connectivity index (χ1) is 4.88. The minimum atomic E-state index is -0.256. The summed E-state index contributed by atoms with van der Waals surface area (Å²) >= 11 is 0. The number of amides is 1. The van der Waals surface area contributed by atoms with Gasteiger partial charge in [0.25, 0.3) is 5.91 Å². The zero-order chi connectivity index (χ0) is 6.97. The second-order valence-corrected chi connectivity index (χ2v) is 2.31. The van der Waals surface area contributed by atoms with E-state index in [9.17, 15) is 4.79 Å². The Bertz CT molecular complexity index is 190. The molecule has 2 N–H and O–H groups in total. The van der Waals surface area contributed by atoms with Crippen molar-refractivity contribution in [1.29, 1.82) is 0 Å². The first-order valence-electron chi connectivity index (χ1n) is 3.20. The highest BCUT2D eigenvalue weighted by molar-refractivity contribution is 5.85. The number of rotatable bonds is 0. The van der Waals surface area contributed by atoms with E-state index in [0.29, 0.717) is 6.54 Å². The smallest absolute Gasteiger partial charge is 0.264 e. The van der Waals surface area contributed by atoms with E-state index >= 15 is 0 Å². The van der Waals surface area contributed by atoms with Gasteiger partial charge in [0.1, 0.15) is 6.34 Å². The van der Waals surface area contributed by atoms with Crippen LogP contribution >= 0.6 is 0 Å². The van der Waals surface area contributed by atoms with E-state index in [2.05, 4.69) is 15.8 Å². The Hall–Kier alpha value is -1.26. The third-order valence-corrected chi connectivity index (χ3v) is 1.65. The molecule has 0 aliphatic carbocycles. The topological polar surface area (TPSA) is 56.7 Å². The van der Waals surface area contributed by atoms with Gasteiger partial charge in [0.2, 0.25) is 0 Å². The van der Waals surface area contributed by atoms with Gasteiger partial charge in [0.05, 0.1) is 0 Å². The Labute approximate surface area is 58.1 Å². The number of carbonyl (C=O) groups is 1. The van der Waals surface area contributed by atoms with E-state index in [0.717, 1.165) is 6.54 Å². The summed E-state index contributed by atoms with van der Waals surface area (Å²) in [6.07, 6.45) is 1.40. The van der Waals surface area contributed by atoms with Crippen LogP contribution in [-0.2, 0) is 4.79 Å². The van der Waals surface area contributed by atoms with Crippen molar-refractivity contribution >= 4 is 12.2 Å². The van der Waals surface area contributed by atoms with Crippen LogP contribution in [0.1, 0.15) is 0 Å². The van der Waals surface area contributed by atoms with Crippen molar-refractivity contribution < 1.29 is 4.79 Å². The third-order valence-electron chi connectivity index (χ3n) is 1.65. The van der Waals surface area contributed by atoms with E-state index < -0.39 is 0 Å². The molecule has 5 nitrogen and oxygen atoms in total. The molecule has 0 aromatic carbocycles. The summed E-state index contributed by atoms with van der Waals surface area (Å²) in [6, 6.07) is 0. The van der Waals surface area contributed by atoms with Crippen LogP contribution in [-0.4, -0.2) is 36.4 Å². The lowest BCUT2D eigenvalue weighted by atomic mass is 10.3. The molecule has 0 radical (unpaired) electrons. The molecule has 2 aliphatic heterocycles. The summed E-state index contributed by atoms with van der Waals surface area (Å²) < 4.78 is 0. The van der Waals surface area contributed by atoms with E-state index in [-0.39, 0.29) is 12.1 Å². The molecule has 0 aromatic heterocycles. The average Bonchev–Trinajstić information content (AvgIpc) is 2.36. The molecular weight excluding hydrogens is 132 g/mol. The molecule has 2 aliphatic rings. The van der Waals surface area contributed by atoms with E-state index in [1.54, 1.807) is 6.34 Å². The fourth-order valence-electron chi connectivity index (χ4n) is 1.12. The largest absolute Gasteiger partial charge is 0.351 e. The van der Waals surface area contributed by atoms with Crippen molar-refractivity contribution in [2.24, 2.45) is 5.10 Å². The zero-order valence-corrected chi connectivity index (χ0v) is 5.37. The molecule has 1 unspecified atom stereocenters. The van der Waals surface area contributed by atoms with Crippen LogP contribution in [0.15, 0.2) is 5.10 Å². The Morgan fingerprint density at radius 1 is 1.80 bits per heavy atom. The molecule has 54 valence electrons. The third kappa shape index (κ3) is 0.632. The molecule has 2 rings (SSSR count). The number of nitrogens with zero attached hydrogens (tertiary/aromatic N) is 2. The summed E-state index contributed by atoms with van der Waals surface area (Å²) in [5.41, 5.74) is 2.69. The van der Waals surface area contributed by atoms with Gasteiger partial charge in [0, 0.05) is 13.1 Å². The highest BCUT2D eigenvalue weighted by Crippen LogP contribution is 2.02. The van der Waals surface area contributed by atoms with Crippen molar-refractivity contribution in [2.45, 2.75) is 6.17 Å². The second kappa shape index (κ2) is 1.86. The van der Waals surface area contributed by atoms with Crippen molar-refractivity contribution in [1.82, 2.24) is 15.6 Å². The van der Waals surface area contributed by atoms with Crippen molar-refractivity contribution in [3.8, 4) is 0 Å². The summed E-state index contributed by atoms with van der Waals surface area (Å²) in [5, 5.41) is 6.50. The fraction of sp³-hybridized carbons (Fsp3) is 0.600. The lowest BCUT2D eigenvalue weighted by molar-refractivity contribution is -0.127. The molecule has 10 heavy (non-hydrogen) atoms. The first-order valence-corrected chi connectivity index (χ1v) is 3.20. The van der Waals surface area contributed by atoms with E-state index in [1.807, 2.05) is 4.90 Å². The lowest BCUT2D eigenvalue weighted by Crippen LogP contribution is -2.56. The van der Waals surface area contributed by atoms with Crippen LogP contribution in [0.3, 0.4) is 0 Å². The van der Waals surface area contributed by atoms with E-state index in [4.69, 9.17) is 0 Å². The van der Waals surface area contributed by atoms with Crippen LogP contribution < -0.4 is 10.7 Å². The van der Waals surface area contributed by atoms with Gasteiger partial charge in [-0.25, -0.2) is 0 Å². The van der Waals surface area contributed by atoms with Gasteiger partial charge in [-0.1, -0.05) is 0 Å². The minimum Gasteiger partial charge on any atom is -0.351 e. The maximum absolute atomic E-state index is 11.0. The summed E-state index contributed by atoms with van der Waals surface area (Å²) in [7, 11) is 0. The maximum Gasteiger partial charge on any atom is 0.264 e. The molecule has 1 saturated heterocycles. The molecule has 0 saturated carbocycles. The van der Waals surface area contributed by atoms with Gasteiger partial charge in [-0.15, -0.1) is 0 Å². The Kier molecular flexibility index (Phi) is 1.03. The van der Waals surface area contributed by atoms with Crippen LogP contribution in [0.5, 0.6) is 0 Å². The predicted molar refractivity (Wildman–Crippen MR) is 35.1 cm³/mol. The quantitative estimate of drug-likeness (QED) is 0.421. The summed E-state index contributed by atoms with van der Waals surface area (Å²) in [4.78, 5) is 12.9. The van der Waals surface area contributed by atoms with E-state index in [1.165, 1.54) is 0 Å². The average molecular weight is 140 g/mol. The number of hydrazone groups is 1. The summed E-state index contributed by atoms with van der Waals surface area (Å²) in [5.74, 6) is 0.00347. The minimum absolute atomic E-state index is 0.00347. The number of nitrogens with one attached hydrogen (secondary N) is 2. The number of fused-ring (bicyclic) bond motifs is 1. The Balaban J connectivity index is 2.14. The number of piperazine rings is 1. The molecular formula is C5H8N4O. The molecule has 0 aromatic rings. The Morgan fingerprint density at radius 3 is 3.50 bits per heavy atom. The zero-order valence-electron chi connectivity index (χ0n) is 5.37. The standard InChI is InChI=1S/C5H8N4O/c10-5-4-8-7-3-9(4)2-1-6-5/h3-4,8H,1-2H2,(H,6,10). The SMILES string of the molecule is O=C1NCCN2C=NNC12. The number of hydrogen-bond acceptors (Lipinski definition) is 4.